The lowest BCUT2D eigenvalue weighted by molar-refractivity contribution is -0.133. The van der Waals surface area contributed by atoms with Gasteiger partial charge in [-0.2, -0.15) is 5.10 Å². The van der Waals surface area contributed by atoms with E-state index in [2.05, 4.69) is 28.2 Å². The first kappa shape index (κ1) is 13.6. The molecular weight excluding hydrogens is 274 g/mol. The first-order valence-electron chi connectivity index (χ1n) is 8.11. The topological polar surface area (TPSA) is 38.1 Å². The summed E-state index contributed by atoms with van der Waals surface area (Å²) in [5, 5.41) is 4.27. The monoisotopic (exact) mass is 295 g/mol. The van der Waals surface area contributed by atoms with Crippen LogP contribution in [0.15, 0.2) is 36.7 Å². The van der Waals surface area contributed by atoms with Crippen molar-refractivity contribution in [3.05, 3.63) is 53.3 Å². The summed E-state index contributed by atoms with van der Waals surface area (Å²) in [4.78, 5) is 15.2. The molecule has 22 heavy (non-hydrogen) atoms. The van der Waals surface area contributed by atoms with Crippen LogP contribution in [0, 0.1) is 0 Å². The van der Waals surface area contributed by atoms with Gasteiger partial charge >= 0.3 is 0 Å². The number of carbonyl (C=O) groups is 1. The summed E-state index contributed by atoms with van der Waals surface area (Å²) in [6.45, 7) is 0.872. The molecule has 4 nitrogen and oxygen atoms in total. The minimum absolute atomic E-state index is 0.0495. The lowest BCUT2D eigenvalue weighted by Gasteiger charge is -2.27. The van der Waals surface area contributed by atoms with E-state index in [0.29, 0.717) is 5.91 Å². The molecule has 0 N–H and O–H groups in total. The van der Waals surface area contributed by atoms with Crippen LogP contribution >= 0.6 is 0 Å². The highest BCUT2D eigenvalue weighted by Gasteiger charge is 2.37. The summed E-state index contributed by atoms with van der Waals surface area (Å²) in [6, 6.07) is 8.60. The molecule has 1 saturated heterocycles. The Morgan fingerprint density at radius 2 is 2.14 bits per heavy atom. The first-order valence-corrected chi connectivity index (χ1v) is 8.11. The van der Waals surface area contributed by atoms with E-state index < -0.39 is 0 Å². The lowest BCUT2D eigenvalue weighted by atomic mass is 9.99. The predicted octanol–water partition coefficient (Wildman–Crippen LogP) is 2.81. The quantitative estimate of drug-likeness (QED) is 0.854. The highest BCUT2D eigenvalue weighted by molar-refractivity contribution is 5.85. The summed E-state index contributed by atoms with van der Waals surface area (Å²) in [5.74, 6) is 0.352. The molecule has 0 unspecified atom stereocenters. The van der Waals surface area contributed by atoms with Crippen LogP contribution in [0.3, 0.4) is 0 Å². The van der Waals surface area contributed by atoms with Crippen molar-refractivity contribution in [1.82, 2.24) is 14.7 Å². The molecule has 0 spiro atoms. The fraction of sp³-hybridized carbons (Fsp3) is 0.444. The number of fused-ring (bicyclic) bond motifs is 1. The van der Waals surface area contributed by atoms with Crippen LogP contribution in [0.2, 0.25) is 0 Å². The average Bonchev–Trinajstić information content (AvgIpc) is 3.25. The normalized spacial score (nSPS) is 23.8. The molecule has 1 aliphatic heterocycles. The molecule has 2 atom stereocenters. The van der Waals surface area contributed by atoms with Gasteiger partial charge in [0.2, 0.25) is 5.91 Å². The number of aryl methyl sites for hydroxylation is 2. The van der Waals surface area contributed by atoms with E-state index >= 15 is 0 Å². The van der Waals surface area contributed by atoms with Gasteiger partial charge in [0.1, 0.15) is 0 Å². The third kappa shape index (κ3) is 2.14. The van der Waals surface area contributed by atoms with E-state index in [0.717, 1.165) is 32.2 Å². The van der Waals surface area contributed by atoms with Gasteiger partial charge in [-0.15, -0.1) is 0 Å². The van der Waals surface area contributed by atoms with Gasteiger partial charge in [0.15, 0.2) is 0 Å². The van der Waals surface area contributed by atoms with Gasteiger partial charge in [-0.05, 0) is 36.8 Å². The number of benzene rings is 1. The van der Waals surface area contributed by atoms with Crippen LogP contribution in [0.4, 0.5) is 0 Å². The first-order chi connectivity index (χ1) is 10.7. The molecule has 114 valence electrons. The second kappa shape index (κ2) is 5.27. The van der Waals surface area contributed by atoms with Crippen molar-refractivity contribution in [3.8, 4) is 0 Å². The Hall–Kier alpha value is -2.10. The van der Waals surface area contributed by atoms with Crippen molar-refractivity contribution in [3.63, 3.8) is 0 Å². The van der Waals surface area contributed by atoms with Crippen molar-refractivity contribution >= 4 is 5.91 Å². The van der Waals surface area contributed by atoms with Crippen molar-refractivity contribution in [2.75, 3.05) is 6.54 Å². The number of amides is 1. The third-order valence-electron chi connectivity index (χ3n) is 5.08. The largest absolute Gasteiger partial charge is 0.335 e. The number of hydrogen-bond acceptors (Lipinski definition) is 2. The van der Waals surface area contributed by atoms with Crippen molar-refractivity contribution < 1.29 is 4.79 Å². The van der Waals surface area contributed by atoms with Crippen LogP contribution in [0.5, 0.6) is 0 Å². The Bertz CT molecular complexity index is 706. The summed E-state index contributed by atoms with van der Waals surface area (Å²) in [5.41, 5.74) is 3.75. The smallest absolute Gasteiger partial charge is 0.230 e. The van der Waals surface area contributed by atoms with Crippen molar-refractivity contribution in [2.45, 2.75) is 37.6 Å². The van der Waals surface area contributed by atoms with E-state index in [1.54, 1.807) is 0 Å². The Morgan fingerprint density at radius 1 is 1.27 bits per heavy atom. The number of hydrogen-bond donors (Lipinski definition) is 0. The van der Waals surface area contributed by atoms with Gasteiger partial charge in [-0.25, -0.2) is 0 Å². The molecule has 2 aromatic rings. The number of carbonyl (C=O) groups excluding carboxylic acids is 1. The minimum Gasteiger partial charge on any atom is -0.335 e. The molecule has 4 heteroatoms. The van der Waals surface area contributed by atoms with E-state index in [9.17, 15) is 4.79 Å². The van der Waals surface area contributed by atoms with E-state index in [1.807, 2.05) is 30.2 Å². The van der Waals surface area contributed by atoms with Gasteiger partial charge in [0.25, 0.3) is 0 Å². The molecule has 2 aliphatic rings. The highest BCUT2D eigenvalue weighted by atomic mass is 16.2. The van der Waals surface area contributed by atoms with E-state index in [4.69, 9.17) is 0 Å². The average molecular weight is 295 g/mol. The second-order valence-corrected chi connectivity index (χ2v) is 6.43. The van der Waals surface area contributed by atoms with Crippen LogP contribution in [-0.2, 0) is 18.3 Å². The van der Waals surface area contributed by atoms with E-state index in [-0.39, 0.29) is 12.0 Å². The number of nitrogens with zero attached hydrogens (tertiary/aromatic N) is 3. The summed E-state index contributed by atoms with van der Waals surface area (Å²) < 4.78 is 1.82. The maximum absolute atomic E-state index is 13.1. The number of rotatable bonds is 2. The van der Waals surface area contributed by atoms with Crippen LogP contribution in [0.25, 0.3) is 0 Å². The van der Waals surface area contributed by atoms with Gasteiger partial charge < -0.3 is 4.90 Å². The lowest BCUT2D eigenvalue weighted by Crippen LogP contribution is -2.34. The molecule has 1 aromatic heterocycles. The van der Waals surface area contributed by atoms with E-state index in [1.165, 1.54) is 16.7 Å². The van der Waals surface area contributed by atoms with Crippen molar-refractivity contribution in [2.24, 2.45) is 7.05 Å². The van der Waals surface area contributed by atoms with Crippen LogP contribution in [-0.4, -0.2) is 27.1 Å². The third-order valence-corrected chi connectivity index (χ3v) is 5.08. The standard InChI is InChI=1S/C18H21N3O/c1-20-12-14(11-19-20)17-7-4-10-21(17)18(22)16-9-8-13-5-2-3-6-15(13)16/h2-3,5-6,11-12,16-17H,4,7-10H2,1H3/t16-,17+/m0/s1. The maximum atomic E-state index is 13.1. The highest BCUT2D eigenvalue weighted by Crippen LogP contribution is 2.39. The SMILES string of the molecule is Cn1cc([C@H]2CCCN2C(=O)[C@H]2CCc3ccccc32)cn1. The molecule has 2 heterocycles. The molecule has 1 fully saturated rings. The number of likely N-dealkylation sites (tertiary alicyclic amines) is 1. The Morgan fingerprint density at radius 3 is 2.95 bits per heavy atom. The Balaban J connectivity index is 1.60. The molecule has 1 aromatic carbocycles. The van der Waals surface area contributed by atoms with Crippen molar-refractivity contribution in [1.29, 1.82) is 0 Å². The fourth-order valence-electron chi connectivity index (χ4n) is 4.00. The van der Waals surface area contributed by atoms with Crippen LogP contribution in [0.1, 0.15) is 47.9 Å². The summed E-state index contributed by atoms with van der Waals surface area (Å²) >= 11 is 0. The Labute approximate surface area is 130 Å². The predicted molar refractivity (Wildman–Crippen MR) is 84.4 cm³/mol. The second-order valence-electron chi connectivity index (χ2n) is 6.43. The molecule has 4 rings (SSSR count). The molecule has 0 radical (unpaired) electrons. The zero-order chi connectivity index (χ0) is 15.1. The zero-order valence-corrected chi connectivity index (χ0v) is 12.9. The molecule has 0 saturated carbocycles. The molecule has 0 bridgehead atoms. The van der Waals surface area contributed by atoms with Gasteiger partial charge in [0.05, 0.1) is 18.2 Å². The van der Waals surface area contributed by atoms with Gasteiger partial charge in [0, 0.05) is 25.4 Å². The summed E-state index contributed by atoms with van der Waals surface area (Å²) in [6.07, 6.45) is 8.05. The molecular formula is C18H21N3O. The number of aromatic nitrogens is 2. The maximum Gasteiger partial charge on any atom is 0.230 e. The zero-order valence-electron chi connectivity index (χ0n) is 12.9. The molecule has 1 aliphatic carbocycles. The van der Waals surface area contributed by atoms with Gasteiger partial charge in [-0.3, -0.25) is 9.48 Å². The van der Waals surface area contributed by atoms with Gasteiger partial charge in [-0.1, -0.05) is 24.3 Å². The molecule has 1 amide bonds. The summed E-state index contributed by atoms with van der Waals surface area (Å²) in [7, 11) is 1.93. The fourth-order valence-corrected chi connectivity index (χ4v) is 4.00. The van der Waals surface area contributed by atoms with Crippen LogP contribution < -0.4 is 0 Å². The Kier molecular flexibility index (Phi) is 3.25. The minimum atomic E-state index is 0.0495.